The molecule has 0 aromatic carbocycles. The average molecular weight is 209 g/mol. The van der Waals surface area contributed by atoms with Crippen LogP contribution in [0.4, 0.5) is 0 Å². The fraction of sp³-hybridized carbons (Fsp3) is 0.750. The van der Waals surface area contributed by atoms with Gasteiger partial charge in [0, 0.05) is 17.0 Å². The highest BCUT2D eigenvalue weighted by molar-refractivity contribution is 7.09. The van der Waals surface area contributed by atoms with Crippen molar-refractivity contribution in [3.05, 3.63) is 16.1 Å². The molecular weight excluding hydrogens is 190 g/mol. The molecule has 1 aromatic rings. The Morgan fingerprint density at radius 3 is 3.00 bits per heavy atom. The first kappa shape index (κ1) is 10.2. The molecule has 1 aliphatic rings. The van der Waals surface area contributed by atoms with E-state index in [1.807, 2.05) is 11.3 Å². The van der Waals surface area contributed by atoms with Crippen LogP contribution in [0.2, 0.25) is 0 Å². The van der Waals surface area contributed by atoms with Crippen LogP contribution in [-0.2, 0) is 0 Å². The Labute approximate surface area is 90.6 Å². The van der Waals surface area contributed by atoms with E-state index in [9.17, 15) is 0 Å². The summed E-state index contributed by atoms with van der Waals surface area (Å²) in [5, 5.41) is 3.57. The summed E-state index contributed by atoms with van der Waals surface area (Å²) in [5.74, 6) is 1.73. The van der Waals surface area contributed by atoms with Gasteiger partial charge < -0.3 is 0 Å². The SMILES string of the molecule is CCC1CCCC(c2nc(C)cs2)C1. The van der Waals surface area contributed by atoms with Crippen LogP contribution < -0.4 is 0 Å². The van der Waals surface area contributed by atoms with Crippen LogP contribution in [-0.4, -0.2) is 4.98 Å². The Kier molecular flexibility index (Phi) is 3.22. The lowest BCUT2D eigenvalue weighted by atomic mass is 9.80. The molecule has 0 bridgehead atoms. The molecule has 0 spiro atoms. The quantitative estimate of drug-likeness (QED) is 0.713. The first-order valence-electron chi connectivity index (χ1n) is 5.71. The number of thiazole rings is 1. The minimum absolute atomic E-state index is 0.771. The normalized spacial score (nSPS) is 27.9. The van der Waals surface area contributed by atoms with Gasteiger partial charge in [-0.3, -0.25) is 0 Å². The Bertz CT molecular complexity index is 292. The molecule has 2 rings (SSSR count). The topological polar surface area (TPSA) is 12.9 Å². The second kappa shape index (κ2) is 4.43. The van der Waals surface area contributed by atoms with Gasteiger partial charge >= 0.3 is 0 Å². The van der Waals surface area contributed by atoms with Crippen LogP contribution in [0.25, 0.3) is 0 Å². The van der Waals surface area contributed by atoms with Crippen LogP contribution >= 0.6 is 11.3 Å². The summed E-state index contributed by atoms with van der Waals surface area (Å²) >= 11 is 1.86. The number of nitrogens with zero attached hydrogens (tertiary/aromatic N) is 1. The zero-order chi connectivity index (χ0) is 9.97. The van der Waals surface area contributed by atoms with E-state index < -0.39 is 0 Å². The van der Waals surface area contributed by atoms with E-state index in [0.29, 0.717) is 0 Å². The van der Waals surface area contributed by atoms with E-state index in [2.05, 4.69) is 24.2 Å². The van der Waals surface area contributed by atoms with Crippen molar-refractivity contribution < 1.29 is 0 Å². The van der Waals surface area contributed by atoms with Crippen molar-refractivity contribution in [3.63, 3.8) is 0 Å². The van der Waals surface area contributed by atoms with Gasteiger partial charge in [-0.1, -0.05) is 26.2 Å². The molecule has 2 unspecified atom stereocenters. The van der Waals surface area contributed by atoms with E-state index in [-0.39, 0.29) is 0 Å². The number of rotatable bonds is 2. The fourth-order valence-electron chi connectivity index (χ4n) is 2.45. The summed E-state index contributed by atoms with van der Waals surface area (Å²) in [5.41, 5.74) is 1.20. The summed E-state index contributed by atoms with van der Waals surface area (Å²) in [6.07, 6.45) is 6.94. The van der Waals surface area contributed by atoms with Crippen molar-refractivity contribution in [2.45, 2.75) is 51.9 Å². The number of hydrogen-bond acceptors (Lipinski definition) is 2. The van der Waals surface area contributed by atoms with Gasteiger partial charge in [-0.2, -0.15) is 0 Å². The number of hydrogen-bond donors (Lipinski definition) is 0. The summed E-state index contributed by atoms with van der Waals surface area (Å²) < 4.78 is 0. The highest BCUT2D eigenvalue weighted by atomic mass is 32.1. The fourth-order valence-corrected chi connectivity index (χ4v) is 3.39. The summed E-state index contributed by atoms with van der Waals surface area (Å²) in [6, 6.07) is 0. The molecule has 0 radical (unpaired) electrons. The summed E-state index contributed by atoms with van der Waals surface area (Å²) in [7, 11) is 0. The number of aromatic nitrogens is 1. The highest BCUT2D eigenvalue weighted by Gasteiger charge is 2.23. The molecule has 2 heteroatoms. The van der Waals surface area contributed by atoms with Gasteiger partial charge in [-0.05, 0) is 25.7 Å². The van der Waals surface area contributed by atoms with Crippen molar-refractivity contribution in [3.8, 4) is 0 Å². The van der Waals surface area contributed by atoms with Crippen molar-refractivity contribution >= 4 is 11.3 Å². The third-order valence-corrected chi connectivity index (χ3v) is 4.47. The summed E-state index contributed by atoms with van der Waals surface area (Å²) in [4.78, 5) is 4.62. The molecule has 1 nitrogen and oxygen atoms in total. The van der Waals surface area contributed by atoms with Crippen molar-refractivity contribution in [2.24, 2.45) is 5.92 Å². The van der Waals surface area contributed by atoms with E-state index in [4.69, 9.17) is 0 Å². The Balaban J connectivity index is 2.04. The van der Waals surface area contributed by atoms with E-state index in [1.54, 1.807) is 0 Å². The maximum atomic E-state index is 4.62. The minimum atomic E-state index is 0.771. The van der Waals surface area contributed by atoms with E-state index >= 15 is 0 Å². The Hall–Kier alpha value is -0.370. The average Bonchev–Trinajstić information content (AvgIpc) is 2.65. The van der Waals surface area contributed by atoms with Crippen molar-refractivity contribution in [2.75, 3.05) is 0 Å². The zero-order valence-electron chi connectivity index (χ0n) is 9.12. The molecule has 2 atom stereocenters. The highest BCUT2D eigenvalue weighted by Crippen LogP contribution is 2.38. The second-order valence-corrected chi connectivity index (χ2v) is 5.35. The van der Waals surface area contributed by atoms with E-state index in [0.717, 1.165) is 11.8 Å². The first-order chi connectivity index (χ1) is 6.79. The molecule has 0 amide bonds. The van der Waals surface area contributed by atoms with Crippen LogP contribution in [0.5, 0.6) is 0 Å². The largest absolute Gasteiger partial charge is 0.246 e. The third kappa shape index (κ3) is 2.17. The third-order valence-electron chi connectivity index (χ3n) is 3.35. The van der Waals surface area contributed by atoms with E-state index in [1.165, 1.54) is 42.8 Å². The number of aryl methyl sites for hydroxylation is 1. The monoisotopic (exact) mass is 209 g/mol. The van der Waals surface area contributed by atoms with Crippen LogP contribution in [0.15, 0.2) is 5.38 Å². The van der Waals surface area contributed by atoms with Gasteiger partial charge in [-0.15, -0.1) is 11.3 Å². The second-order valence-electron chi connectivity index (χ2n) is 4.46. The molecule has 0 N–H and O–H groups in total. The molecule has 1 heterocycles. The van der Waals surface area contributed by atoms with Crippen molar-refractivity contribution in [1.29, 1.82) is 0 Å². The molecule has 78 valence electrons. The van der Waals surface area contributed by atoms with Gasteiger partial charge in [0.15, 0.2) is 0 Å². The Morgan fingerprint density at radius 1 is 1.50 bits per heavy atom. The van der Waals surface area contributed by atoms with Gasteiger partial charge in [0.1, 0.15) is 0 Å². The van der Waals surface area contributed by atoms with Crippen LogP contribution in [0.1, 0.15) is 55.6 Å². The molecular formula is C12H19NS. The smallest absolute Gasteiger partial charge is 0.0959 e. The van der Waals surface area contributed by atoms with Crippen LogP contribution in [0, 0.1) is 12.8 Å². The van der Waals surface area contributed by atoms with Crippen LogP contribution in [0.3, 0.4) is 0 Å². The molecule has 14 heavy (non-hydrogen) atoms. The molecule has 0 aliphatic heterocycles. The zero-order valence-corrected chi connectivity index (χ0v) is 9.94. The molecule has 1 aromatic heterocycles. The minimum Gasteiger partial charge on any atom is -0.246 e. The first-order valence-corrected chi connectivity index (χ1v) is 6.59. The maximum Gasteiger partial charge on any atom is 0.0959 e. The molecule has 1 saturated carbocycles. The van der Waals surface area contributed by atoms with Crippen molar-refractivity contribution in [1.82, 2.24) is 4.98 Å². The molecule has 1 fully saturated rings. The van der Waals surface area contributed by atoms with Gasteiger partial charge in [0.05, 0.1) is 5.01 Å². The lowest BCUT2D eigenvalue weighted by Gasteiger charge is -2.26. The lowest BCUT2D eigenvalue weighted by Crippen LogP contribution is -2.13. The summed E-state index contributed by atoms with van der Waals surface area (Å²) in [6.45, 7) is 4.42. The Morgan fingerprint density at radius 2 is 2.36 bits per heavy atom. The van der Waals surface area contributed by atoms with Gasteiger partial charge in [0.25, 0.3) is 0 Å². The van der Waals surface area contributed by atoms with Gasteiger partial charge in [-0.25, -0.2) is 4.98 Å². The molecule has 0 saturated heterocycles. The predicted molar refractivity (Wildman–Crippen MR) is 61.8 cm³/mol. The lowest BCUT2D eigenvalue weighted by molar-refractivity contribution is 0.314. The maximum absolute atomic E-state index is 4.62. The standard InChI is InChI=1S/C12H19NS/c1-3-10-5-4-6-11(7-10)12-13-9(2)8-14-12/h8,10-11H,3-7H2,1-2H3. The molecule has 1 aliphatic carbocycles. The predicted octanol–water partition coefficient (Wildman–Crippen LogP) is 4.14. The van der Waals surface area contributed by atoms with Gasteiger partial charge in [0.2, 0.25) is 0 Å².